The SMILES string of the molecule is O=C(Nc1cccc2[nH]ccc12)C(=O)N1CCCC1. The molecule has 3 rings (SSSR count). The van der Waals surface area contributed by atoms with Crippen LogP contribution in [0.5, 0.6) is 0 Å². The number of aromatic nitrogens is 1. The fourth-order valence-electron chi connectivity index (χ4n) is 2.43. The molecular weight excluding hydrogens is 242 g/mol. The number of hydrogen-bond acceptors (Lipinski definition) is 2. The van der Waals surface area contributed by atoms with Gasteiger partial charge >= 0.3 is 11.8 Å². The van der Waals surface area contributed by atoms with Gasteiger partial charge in [0, 0.05) is 30.2 Å². The second kappa shape index (κ2) is 4.76. The van der Waals surface area contributed by atoms with Gasteiger partial charge in [-0.25, -0.2) is 0 Å². The van der Waals surface area contributed by atoms with Gasteiger partial charge in [-0.15, -0.1) is 0 Å². The highest BCUT2D eigenvalue weighted by Gasteiger charge is 2.24. The lowest BCUT2D eigenvalue weighted by Crippen LogP contribution is -2.37. The topological polar surface area (TPSA) is 65.2 Å². The molecule has 1 aliphatic rings. The number of carbonyl (C=O) groups is 2. The van der Waals surface area contributed by atoms with Crippen molar-refractivity contribution in [1.82, 2.24) is 9.88 Å². The van der Waals surface area contributed by atoms with Gasteiger partial charge in [-0.3, -0.25) is 9.59 Å². The largest absolute Gasteiger partial charge is 0.361 e. The van der Waals surface area contributed by atoms with Crippen LogP contribution in [0, 0.1) is 0 Å². The van der Waals surface area contributed by atoms with Crippen molar-refractivity contribution in [3.05, 3.63) is 30.5 Å². The normalized spacial score (nSPS) is 14.8. The Morgan fingerprint density at radius 3 is 2.74 bits per heavy atom. The number of fused-ring (bicyclic) bond motifs is 1. The number of nitrogens with zero attached hydrogens (tertiary/aromatic N) is 1. The zero-order chi connectivity index (χ0) is 13.2. The van der Waals surface area contributed by atoms with E-state index in [4.69, 9.17) is 0 Å². The maximum absolute atomic E-state index is 12.0. The molecule has 2 aromatic rings. The number of carbonyl (C=O) groups excluding carboxylic acids is 2. The van der Waals surface area contributed by atoms with Crippen molar-refractivity contribution in [1.29, 1.82) is 0 Å². The van der Waals surface area contributed by atoms with Gasteiger partial charge in [0.1, 0.15) is 0 Å². The molecule has 98 valence electrons. The van der Waals surface area contributed by atoms with Gasteiger partial charge in [0.15, 0.2) is 0 Å². The molecule has 5 nitrogen and oxygen atoms in total. The van der Waals surface area contributed by atoms with E-state index in [1.165, 1.54) is 0 Å². The van der Waals surface area contributed by atoms with Crippen molar-refractivity contribution in [3.8, 4) is 0 Å². The van der Waals surface area contributed by atoms with Crippen LogP contribution in [0.3, 0.4) is 0 Å². The lowest BCUT2D eigenvalue weighted by molar-refractivity contribution is -0.142. The lowest BCUT2D eigenvalue weighted by atomic mass is 10.2. The summed E-state index contributed by atoms with van der Waals surface area (Å²) in [4.78, 5) is 28.6. The Morgan fingerprint density at radius 2 is 1.95 bits per heavy atom. The number of amides is 2. The number of nitrogens with one attached hydrogen (secondary N) is 2. The van der Waals surface area contributed by atoms with E-state index in [9.17, 15) is 9.59 Å². The molecule has 0 radical (unpaired) electrons. The lowest BCUT2D eigenvalue weighted by Gasteiger charge is -2.14. The smallest absolute Gasteiger partial charge is 0.313 e. The van der Waals surface area contributed by atoms with E-state index >= 15 is 0 Å². The Morgan fingerprint density at radius 1 is 1.16 bits per heavy atom. The highest BCUT2D eigenvalue weighted by Crippen LogP contribution is 2.22. The molecule has 2 amide bonds. The number of anilines is 1. The van der Waals surface area contributed by atoms with Crippen LogP contribution >= 0.6 is 0 Å². The summed E-state index contributed by atoms with van der Waals surface area (Å²) in [5.74, 6) is -0.999. The number of likely N-dealkylation sites (tertiary alicyclic amines) is 1. The Balaban J connectivity index is 1.79. The maximum Gasteiger partial charge on any atom is 0.313 e. The third kappa shape index (κ3) is 2.19. The van der Waals surface area contributed by atoms with Crippen LogP contribution in [-0.2, 0) is 9.59 Å². The molecular formula is C14H15N3O2. The van der Waals surface area contributed by atoms with Crippen molar-refractivity contribution in [2.75, 3.05) is 18.4 Å². The Kier molecular flexibility index (Phi) is 2.95. The minimum absolute atomic E-state index is 0.440. The molecule has 0 spiro atoms. The van der Waals surface area contributed by atoms with Crippen LogP contribution in [-0.4, -0.2) is 34.8 Å². The fourth-order valence-corrected chi connectivity index (χ4v) is 2.43. The molecule has 0 unspecified atom stereocenters. The van der Waals surface area contributed by atoms with Gasteiger partial charge < -0.3 is 15.2 Å². The van der Waals surface area contributed by atoms with E-state index < -0.39 is 11.8 Å². The Bertz CT molecular complexity index is 626. The molecule has 1 aromatic carbocycles. The Labute approximate surface area is 110 Å². The number of rotatable bonds is 1. The third-order valence-corrected chi connectivity index (χ3v) is 3.43. The average molecular weight is 257 g/mol. The summed E-state index contributed by atoms with van der Waals surface area (Å²) in [5.41, 5.74) is 1.60. The predicted molar refractivity (Wildman–Crippen MR) is 72.7 cm³/mol. The quantitative estimate of drug-likeness (QED) is 0.764. The zero-order valence-corrected chi connectivity index (χ0v) is 10.5. The molecule has 0 atom stereocenters. The standard InChI is InChI=1S/C14H15N3O2/c18-13(14(19)17-8-1-2-9-17)16-12-5-3-4-11-10(12)6-7-15-11/h3-7,15H,1-2,8-9H2,(H,16,18). The molecule has 1 fully saturated rings. The first-order chi connectivity index (χ1) is 9.25. The summed E-state index contributed by atoms with van der Waals surface area (Å²) in [6, 6.07) is 7.44. The molecule has 19 heavy (non-hydrogen) atoms. The van der Waals surface area contributed by atoms with Crippen LogP contribution in [0.15, 0.2) is 30.5 Å². The molecule has 0 bridgehead atoms. The van der Waals surface area contributed by atoms with Gasteiger partial charge in [-0.1, -0.05) is 6.07 Å². The Hall–Kier alpha value is -2.30. The van der Waals surface area contributed by atoms with E-state index in [0.29, 0.717) is 18.8 Å². The van der Waals surface area contributed by atoms with Gasteiger partial charge in [0.25, 0.3) is 0 Å². The van der Waals surface area contributed by atoms with Crippen molar-refractivity contribution in [3.63, 3.8) is 0 Å². The van der Waals surface area contributed by atoms with E-state index in [1.54, 1.807) is 11.0 Å². The third-order valence-electron chi connectivity index (χ3n) is 3.43. The van der Waals surface area contributed by atoms with Crippen LogP contribution < -0.4 is 5.32 Å². The van der Waals surface area contributed by atoms with Crippen molar-refractivity contribution in [2.24, 2.45) is 0 Å². The average Bonchev–Trinajstić information content (AvgIpc) is 3.09. The van der Waals surface area contributed by atoms with E-state index in [2.05, 4.69) is 10.3 Å². The highest BCUT2D eigenvalue weighted by atomic mass is 16.2. The summed E-state index contributed by atoms with van der Waals surface area (Å²) in [5, 5.41) is 3.61. The maximum atomic E-state index is 12.0. The number of hydrogen-bond donors (Lipinski definition) is 2. The van der Waals surface area contributed by atoms with Crippen molar-refractivity contribution >= 4 is 28.4 Å². The van der Waals surface area contributed by atoms with Crippen molar-refractivity contribution < 1.29 is 9.59 Å². The first-order valence-electron chi connectivity index (χ1n) is 6.42. The van der Waals surface area contributed by atoms with E-state index in [0.717, 1.165) is 23.7 Å². The fraction of sp³-hybridized carbons (Fsp3) is 0.286. The summed E-state index contributed by atoms with van der Waals surface area (Å²) < 4.78 is 0. The van der Waals surface area contributed by atoms with Gasteiger partial charge in [-0.05, 0) is 31.0 Å². The van der Waals surface area contributed by atoms with Gasteiger partial charge in [0.2, 0.25) is 0 Å². The summed E-state index contributed by atoms with van der Waals surface area (Å²) >= 11 is 0. The summed E-state index contributed by atoms with van der Waals surface area (Å²) in [7, 11) is 0. The molecule has 1 aromatic heterocycles. The van der Waals surface area contributed by atoms with Crippen LogP contribution in [0.25, 0.3) is 10.9 Å². The van der Waals surface area contributed by atoms with Crippen LogP contribution in [0.4, 0.5) is 5.69 Å². The van der Waals surface area contributed by atoms with E-state index in [1.807, 2.05) is 24.4 Å². The van der Waals surface area contributed by atoms with Crippen molar-refractivity contribution in [2.45, 2.75) is 12.8 Å². The van der Waals surface area contributed by atoms with E-state index in [-0.39, 0.29) is 0 Å². The first-order valence-corrected chi connectivity index (χ1v) is 6.42. The molecule has 1 saturated heterocycles. The molecule has 2 N–H and O–H groups in total. The molecule has 5 heteroatoms. The highest BCUT2D eigenvalue weighted by molar-refractivity contribution is 6.40. The summed E-state index contributed by atoms with van der Waals surface area (Å²) in [6.07, 6.45) is 3.77. The number of H-pyrrole nitrogens is 1. The van der Waals surface area contributed by atoms with Crippen LogP contribution in [0.1, 0.15) is 12.8 Å². The minimum atomic E-state index is -0.560. The zero-order valence-electron chi connectivity index (χ0n) is 10.5. The second-order valence-electron chi connectivity index (χ2n) is 4.70. The second-order valence-corrected chi connectivity index (χ2v) is 4.70. The number of benzene rings is 1. The van der Waals surface area contributed by atoms with Gasteiger partial charge in [-0.2, -0.15) is 0 Å². The predicted octanol–water partition coefficient (Wildman–Crippen LogP) is 1.73. The molecule has 0 aliphatic carbocycles. The molecule has 2 heterocycles. The number of aromatic amines is 1. The molecule has 0 saturated carbocycles. The monoisotopic (exact) mass is 257 g/mol. The minimum Gasteiger partial charge on any atom is -0.361 e. The van der Waals surface area contributed by atoms with Crippen LogP contribution in [0.2, 0.25) is 0 Å². The molecule has 1 aliphatic heterocycles. The first kappa shape index (κ1) is 11.8. The summed E-state index contributed by atoms with van der Waals surface area (Å²) in [6.45, 7) is 1.36. The van der Waals surface area contributed by atoms with Gasteiger partial charge in [0.05, 0.1) is 5.69 Å².